The molecule has 0 saturated carbocycles. The van der Waals surface area contributed by atoms with Gasteiger partial charge in [-0.15, -0.1) is 11.3 Å². The number of benzene rings is 1. The Morgan fingerprint density at radius 2 is 2.03 bits per heavy atom. The molecule has 7 nitrogen and oxygen atoms in total. The number of likely N-dealkylation sites (tertiary alicyclic amines) is 1. The standard InChI is InChI=1S/C21H28N4O3S/c26-19(22-8-7-20-23-17-5-1-2-6-18(17)29-20)15-24-9-3-4-16(14-24)21(27)25-10-12-28-13-11-25/h1-2,5-6,16H,3-4,7-15H2,(H,22,26). The molecule has 8 heteroatoms. The van der Waals surface area contributed by atoms with Crippen molar-refractivity contribution in [2.24, 2.45) is 5.92 Å². The fourth-order valence-corrected chi connectivity index (χ4v) is 5.00. The monoisotopic (exact) mass is 416 g/mol. The van der Waals surface area contributed by atoms with E-state index in [4.69, 9.17) is 4.74 Å². The van der Waals surface area contributed by atoms with Gasteiger partial charge in [0.25, 0.3) is 0 Å². The van der Waals surface area contributed by atoms with E-state index in [2.05, 4.69) is 21.3 Å². The van der Waals surface area contributed by atoms with Gasteiger partial charge in [0, 0.05) is 32.6 Å². The first kappa shape index (κ1) is 20.3. The van der Waals surface area contributed by atoms with Crippen LogP contribution >= 0.6 is 11.3 Å². The molecule has 1 atom stereocenters. The van der Waals surface area contributed by atoms with E-state index in [0.717, 1.165) is 36.3 Å². The van der Waals surface area contributed by atoms with Crippen molar-refractivity contribution >= 4 is 33.4 Å². The van der Waals surface area contributed by atoms with E-state index in [0.29, 0.717) is 45.9 Å². The molecular weight excluding hydrogens is 388 g/mol. The van der Waals surface area contributed by atoms with Gasteiger partial charge >= 0.3 is 0 Å². The quantitative estimate of drug-likeness (QED) is 0.773. The number of piperidine rings is 1. The highest BCUT2D eigenvalue weighted by atomic mass is 32.1. The number of amides is 2. The van der Waals surface area contributed by atoms with Crippen LogP contribution in [-0.2, 0) is 20.7 Å². The molecular formula is C21H28N4O3S. The van der Waals surface area contributed by atoms with Crippen LogP contribution in [0.1, 0.15) is 17.8 Å². The highest BCUT2D eigenvalue weighted by Gasteiger charge is 2.30. The van der Waals surface area contributed by atoms with E-state index in [1.54, 1.807) is 11.3 Å². The number of hydrogen-bond donors (Lipinski definition) is 1. The van der Waals surface area contributed by atoms with Gasteiger partial charge < -0.3 is 15.0 Å². The molecule has 1 aromatic heterocycles. The lowest BCUT2D eigenvalue weighted by atomic mass is 9.96. The van der Waals surface area contributed by atoms with E-state index < -0.39 is 0 Å². The summed E-state index contributed by atoms with van der Waals surface area (Å²) in [5.74, 6) is 0.234. The fraction of sp³-hybridized carbons (Fsp3) is 0.571. The summed E-state index contributed by atoms with van der Waals surface area (Å²) in [5, 5.41) is 4.05. The zero-order valence-corrected chi connectivity index (χ0v) is 17.5. The molecule has 2 aromatic rings. The number of nitrogens with one attached hydrogen (secondary N) is 1. The lowest BCUT2D eigenvalue weighted by molar-refractivity contribution is -0.142. The van der Waals surface area contributed by atoms with Crippen LogP contribution in [0.4, 0.5) is 0 Å². The average Bonchev–Trinajstić information content (AvgIpc) is 3.17. The van der Waals surface area contributed by atoms with Gasteiger partial charge in [0.15, 0.2) is 0 Å². The van der Waals surface area contributed by atoms with E-state index in [9.17, 15) is 9.59 Å². The summed E-state index contributed by atoms with van der Waals surface area (Å²) in [4.78, 5) is 33.7. The molecule has 0 aliphatic carbocycles. The number of carbonyl (C=O) groups excluding carboxylic acids is 2. The van der Waals surface area contributed by atoms with E-state index in [1.165, 1.54) is 4.70 Å². The number of thiazole rings is 1. The maximum absolute atomic E-state index is 12.7. The predicted octanol–water partition coefficient (Wildman–Crippen LogP) is 1.53. The molecule has 29 heavy (non-hydrogen) atoms. The first-order valence-corrected chi connectivity index (χ1v) is 11.2. The topological polar surface area (TPSA) is 74.8 Å². The maximum atomic E-state index is 12.7. The van der Waals surface area contributed by atoms with Crippen molar-refractivity contribution in [3.05, 3.63) is 29.3 Å². The molecule has 2 fully saturated rings. The molecule has 3 heterocycles. The van der Waals surface area contributed by atoms with Crippen LogP contribution in [0.2, 0.25) is 0 Å². The molecule has 1 unspecified atom stereocenters. The van der Waals surface area contributed by atoms with Gasteiger partial charge in [-0.3, -0.25) is 14.5 Å². The summed E-state index contributed by atoms with van der Waals surface area (Å²) in [6.07, 6.45) is 2.61. The summed E-state index contributed by atoms with van der Waals surface area (Å²) in [6, 6.07) is 8.09. The van der Waals surface area contributed by atoms with Crippen LogP contribution in [0.15, 0.2) is 24.3 Å². The number of carbonyl (C=O) groups is 2. The lowest BCUT2D eigenvalue weighted by Gasteiger charge is -2.35. The van der Waals surface area contributed by atoms with Crippen molar-refractivity contribution in [3.8, 4) is 0 Å². The van der Waals surface area contributed by atoms with Crippen LogP contribution in [-0.4, -0.2) is 79.1 Å². The predicted molar refractivity (Wildman–Crippen MR) is 113 cm³/mol. The first-order valence-electron chi connectivity index (χ1n) is 10.4. The Hall–Kier alpha value is -2.03. The fourth-order valence-electron chi connectivity index (χ4n) is 4.04. The van der Waals surface area contributed by atoms with Crippen molar-refractivity contribution in [2.45, 2.75) is 19.3 Å². The third-order valence-corrected chi connectivity index (χ3v) is 6.64. The molecule has 156 valence electrons. The highest BCUT2D eigenvalue weighted by Crippen LogP contribution is 2.22. The number of morpholine rings is 1. The van der Waals surface area contributed by atoms with Gasteiger partial charge in [-0.25, -0.2) is 4.98 Å². The summed E-state index contributed by atoms with van der Waals surface area (Å²) in [7, 11) is 0. The molecule has 1 N–H and O–H groups in total. The summed E-state index contributed by atoms with van der Waals surface area (Å²) in [5.41, 5.74) is 1.02. The first-order chi connectivity index (χ1) is 14.2. The Morgan fingerprint density at radius 3 is 2.86 bits per heavy atom. The molecule has 0 spiro atoms. The molecule has 4 rings (SSSR count). The Kier molecular flexibility index (Phi) is 6.74. The number of aromatic nitrogens is 1. The molecule has 2 amide bonds. The highest BCUT2D eigenvalue weighted by molar-refractivity contribution is 7.18. The number of fused-ring (bicyclic) bond motifs is 1. The summed E-state index contributed by atoms with van der Waals surface area (Å²) in [6.45, 7) is 5.09. The minimum atomic E-state index is -0.00241. The third kappa shape index (κ3) is 5.32. The van der Waals surface area contributed by atoms with Gasteiger partial charge in [-0.05, 0) is 31.5 Å². The second-order valence-corrected chi connectivity index (χ2v) is 8.80. The Labute approximate surface area is 175 Å². The number of hydrogen-bond acceptors (Lipinski definition) is 6. The minimum Gasteiger partial charge on any atom is -0.378 e. The van der Waals surface area contributed by atoms with Crippen molar-refractivity contribution in [3.63, 3.8) is 0 Å². The van der Waals surface area contributed by atoms with E-state index in [1.807, 2.05) is 23.1 Å². The smallest absolute Gasteiger partial charge is 0.234 e. The molecule has 0 radical (unpaired) electrons. The van der Waals surface area contributed by atoms with Gasteiger partial charge in [-0.1, -0.05) is 12.1 Å². The second-order valence-electron chi connectivity index (χ2n) is 7.69. The van der Waals surface area contributed by atoms with Crippen molar-refractivity contribution in [2.75, 3.05) is 52.5 Å². The average molecular weight is 417 g/mol. The second kappa shape index (κ2) is 9.65. The van der Waals surface area contributed by atoms with E-state index in [-0.39, 0.29) is 17.7 Å². The molecule has 2 aliphatic heterocycles. The molecule has 0 bridgehead atoms. The Morgan fingerprint density at radius 1 is 1.21 bits per heavy atom. The summed E-state index contributed by atoms with van der Waals surface area (Å²) < 4.78 is 6.52. The summed E-state index contributed by atoms with van der Waals surface area (Å²) >= 11 is 1.68. The van der Waals surface area contributed by atoms with Gasteiger partial charge in [0.1, 0.15) is 0 Å². The lowest BCUT2D eigenvalue weighted by Crippen LogP contribution is -2.50. The third-order valence-electron chi connectivity index (χ3n) is 5.54. The molecule has 2 aliphatic rings. The van der Waals surface area contributed by atoms with E-state index >= 15 is 0 Å². The zero-order valence-electron chi connectivity index (χ0n) is 16.6. The van der Waals surface area contributed by atoms with Crippen LogP contribution < -0.4 is 5.32 Å². The van der Waals surface area contributed by atoms with Gasteiger partial charge in [-0.2, -0.15) is 0 Å². The maximum Gasteiger partial charge on any atom is 0.234 e. The SMILES string of the molecule is O=C(CN1CCCC(C(=O)N2CCOCC2)C1)NCCc1nc2ccccc2s1. The van der Waals surface area contributed by atoms with Crippen LogP contribution in [0.3, 0.4) is 0 Å². The minimum absolute atomic E-state index is 0.00241. The van der Waals surface area contributed by atoms with Gasteiger partial charge in [0.2, 0.25) is 11.8 Å². The van der Waals surface area contributed by atoms with Crippen LogP contribution in [0.25, 0.3) is 10.2 Å². The Balaban J connectivity index is 1.21. The molecule has 1 aromatic carbocycles. The Bertz CT molecular complexity index is 816. The van der Waals surface area contributed by atoms with Crippen molar-refractivity contribution < 1.29 is 14.3 Å². The normalized spacial score (nSPS) is 20.7. The number of nitrogens with zero attached hydrogens (tertiary/aromatic N) is 3. The largest absolute Gasteiger partial charge is 0.378 e. The van der Waals surface area contributed by atoms with Gasteiger partial charge in [0.05, 0.1) is 40.9 Å². The zero-order chi connectivity index (χ0) is 20.1. The number of para-hydroxylation sites is 1. The van der Waals surface area contributed by atoms with Crippen molar-refractivity contribution in [1.82, 2.24) is 20.1 Å². The van der Waals surface area contributed by atoms with Crippen LogP contribution in [0, 0.1) is 5.92 Å². The number of ether oxygens (including phenoxy) is 1. The number of rotatable bonds is 6. The van der Waals surface area contributed by atoms with Crippen LogP contribution in [0.5, 0.6) is 0 Å². The molecule has 2 saturated heterocycles. The van der Waals surface area contributed by atoms with Crippen molar-refractivity contribution in [1.29, 1.82) is 0 Å².